The Kier molecular flexibility index (Phi) is 4.22. The average Bonchev–Trinajstić information content (AvgIpc) is 2.14. The summed E-state index contributed by atoms with van der Waals surface area (Å²) >= 11 is 0. The minimum Gasteiger partial charge on any atom is -0.313 e. The molecule has 1 heteroatoms. The van der Waals surface area contributed by atoms with Gasteiger partial charge in [0.1, 0.15) is 0 Å². The lowest BCUT2D eigenvalue weighted by Crippen LogP contribution is -2.41. The summed E-state index contributed by atoms with van der Waals surface area (Å²) in [7, 11) is 0. The van der Waals surface area contributed by atoms with Crippen molar-refractivity contribution in [1.29, 1.82) is 0 Å². The Labute approximate surface area is 96.0 Å². The van der Waals surface area contributed by atoms with Crippen LogP contribution in [-0.2, 0) is 0 Å². The van der Waals surface area contributed by atoms with Crippen molar-refractivity contribution in [3.8, 4) is 0 Å². The summed E-state index contributed by atoms with van der Waals surface area (Å²) < 4.78 is 0. The third-order valence-electron chi connectivity index (χ3n) is 4.03. The Bertz CT molecular complexity index is 194. The van der Waals surface area contributed by atoms with Gasteiger partial charge >= 0.3 is 0 Å². The van der Waals surface area contributed by atoms with Crippen LogP contribution in [0.1, 0.15) is 66.7 Å². The zero-order chi connectivity index (χ0) is 11.5. The zero-order valence-corrected chi connectivity index (χ0v) is 11.3. The number of rotatable bonds is 4. The highest BCUT2D eigenvalue weighted by Gasteiger charge is 2.28. The Morgan fingerprint density at radius 2 is 2.00 bits per heavy atom. The van der Waals surface area contributed by atoms with Crippen molar-refractivity contribution in [3.05, 3.63) is 0 Å². The predicted octanol–water partition coefficient (Wildman–Crippen LogP) is 3.98. The lowest BCUT2D eigenvalue weighted by molar-refractivity contribution is 0.184. The molecule has 1 aliphatic carbocycles. The molecule has 0 radical (unpaired) electrons. The van der Waals surface area contributed by atoms with Crippen molar-refractivity contribution in [2.24, 2.45) is 10.8 Å². The van der Waals surface area contributed by atoms with E-state index in [2.05, 4.69) is 39.9 Å². The monoisotopic (exact) mass is 211 g/mol. The lowest BCUT2D eigenvalue weighted by atomic mass is 9.75. The first-order valence-electron chi connectivity index (χ1n) is 6.58. The van der Waals surface area contributed by atoms with Gasteiger partial charge in [0.25, 0.3) is 0 Å². The van der Waals surface area contributed by atoms with Crippen LogP contribution >= 0.6 is 0 Å². The quantitative estimate of drug-likeness (QED) is 0.741. The van der Waals surface area contributed by atoms with Gasteiger partial charge in [-0.3, -0.25) is 0 Å². The fourth-order valence-electron chi connectivity index (χ4n) is 2.42. The summed E-state index contributed by atoms with van der Waals surface area (Å²) in [5, 5.41) is 3.77. The number of hydrogen-bond acceptors (Lipinski definition) is 1. The maximum atomic E-state index is 3.77. The second-order valence-corrected chi connectivity index (χ2v) is 6.86. The van der Waals surface area contributed by atoms with Gasteiger partial charge in [0.15, 0.2) is 0 Å². The first kappa shape index (κ1) is 13.0. The second kappa shape index (κ2) is 4.86. The molecule has 0 saturated heterocycles. The molecule has 1 aliphatic rings. The zero-order valence-electron chi connectivity index (χ0n) is 11.3. The molecule has 1 saturated carbocycles. The summed E-state index contributed by atoms with van der Waals surface area (Å²) in [6, 6.07) is 0.763. The SMILES string of the molecule is CCC(C)(C)CNC1CCCC(C)(C)C1. The van der Waals surface area contributed by atoms with Crippen LogP contribution in [0.25, 0.3) is 0 Å². The lowest BCUT2D eigenvalue weighted by Gasteiger charge is -2.37. The van der Waals surface area contributed by atoms with Crippen molar-refractivity contribution in [2.75, 3.05) is 6.54 Å². The molecule has 1 atom stereocenters. The molecule has 15 heavy (non-hydrogen) atoms. The Morgan fingerprint density at radius 1 is 1.33 bits per heavy atom. The summed E-state index contributed by atoms with van der Waals surface area (Å²) in [5.74, 6) is 0. The molecule has 0 spiro atoms. The fraction of sp³-hybridized carbons (Fsp3) is 1.00. The molecule has 1 unspecified atom stereocenters. The van der Waals surface area contributed by atoms with Gasteiger partial charge in [-0.05, 0) is 36.5 Å². The topological polar surface area (TPSA) is 12.0 Å². The third-order valence-corrected chi connectivity index (χ3v) is 4.03. The van der Waals surface area contributed by atoms with Crippen LogP contribution in [0.3, 0.4) is 0 Å². The van der Waals surface area contributed by atoms with Gasteiger partial charge in [0, 0.05) is 12.6 Å². The Morgan fingerprint density at radius 3 is 2.53 bits per heavy atom. The van der Waals surface area contributed by atoms with Crippen LogP contribution in [-0.4, -0.2) is 12.6 Å². The molecular formula is C14H29N. The molecule has 0 heterocycles. The van der Waals surface area contributed by atoms with Gasteiger partial charge < -0.3 is 5.32 Å². The van der Waals surface area contributed by atoms with Gasteiger partial charge in [-0.1, -0.05) is 41.0 Å². The molecule has 1 fully saturated rings. The van der Waals surface area contributed by atoms with E-state index in [1.54, 1.807) is 0 Å². The van der Waals surface area contributed by atoms with E-state index in [0.29, 0.717) is 10.8 Å². The largest absolute Gasteiger partial charge is 0.313 e. The van der Waals surface area contributed by atoms with E-state index in [1.165, 1.54) is 38.6 Å². The van der Waals surface area contributed by atoms with Crippen LogP contribution in [0.4, 0.5) is 0 Å². The molecule has 1 rings (SSSR count). The highest BCUT2D eigenvalue weighted by molar-refractivity contribution is 4.84. The van der Waals surface area contributed by atoms with E-state index in [0.717, 1.165) is 6.04 Å². The van der Waals surface area contributed by atoms with E-state index in [1.807, 2.05) is 0 Å². The first-order valence-corrected chi connectivity index (χ1v) is 6.58. The fourth-order valence-corrected chi connectivity index (χ4v) is 2.42. The minimum absolute atomic E-state index is 0.460. The molecule has 90 valence electrons. The van der Waals surface area contributed by atoms with Crippen molar-refractivity contribution in [3.63, 3.8) is 0 Å². The average molecular weight is 211 g/mol. The molecule has 0 aliphatic heterocycles. The van der Waals surface area contributed by atoms with Gasteiger partial charge in [0.2, 0.25) is 0 Å². The Balaban J connectivity index is 2.33. The summed E-state index contributed by atoms with van der Waals surface area (Å²) in [6.07, 6.45) is 6.80. The van der Waals surface area contributed by atoms with Crippen LogP contribution in [0.15, 0.2) is 0 Å². The van der Waals surface area contributed by atoms with E-state index in [-0.39, 0.29) is 0 Å². The van der Waals surface area contributed by atoms with E-state index in [9.17, 15) is 0 Å². The standard InChI is InChI=1S/C14H29N/c1-6-13(2,3)11-15-12-8-7-9-14(4,5)10-12/h12,15H,6-11H2,1-5H3. The predicted molar refractivity (Wildman–Crippen MR) is 68.1 cm³/mol. The smallest absolute Gasteiger partial charge is 0.00723 e. The maximum absolute atomic E-state index is 3.77. The van der Waals surface area contributed by atoms with Crippen LogP contribution < -0.4 is 5.32 Å². The number of hydrogen-bond donors (Lipinski definition) is 1. The van der Waals surface area contributed by atoms with Gasteiger partial charge in [-0.15, -0.1) is 0 Å². The molecule has 0 aromatic rings. The van der Waals surface area contributed by atoms with E-state index in [4.69, 9.17) is 0 Å². The van der Waals surface area contributed by atoms with E-state index >= 15 is 0 Å². The molecule has 0 aromatic carbocycles. The van der Waals surface area contributed by atoms with Crippen molar-refractivity contribution >= 4 is 0 Å². The maximum Gasteiger partial charge on any atom is 0.00723 e. The molecule has 0 bridgehead atoms. The first-order chi connectivity index (χ1) is 6.85. The Hall–Kier alpha value is -0.0400. The normalized spacial score (nSPS) is 26.6. The third kappa shape index (κ3) is 4.55. The van der Waals surface area contributed by atoms with Gasteiger partial charge in [-0.2, -0.15) is 0 Å². The second-order valence-electron chi connectivity index (χ2n) is 6.86. The van der Waals surface area contributed by atoms with Crippen LogP contribution in [0.5, 0.6) is 0 Å². The molecule has 1 N–H and O–H groups in total. The van der Waals surface area contributed by atoms with Crippen molar-refractivity contribution in [2.45, 2.75) is 72.8 Å². The van der Waals surface area contributed by atoms with Crippen LogP contribution in [0, 0.1) is 10.8 Å². The summed E-state index contributed by atoms with van der Waals surface area (Å²) in [4.78, 5) is 0. The highest BCUT2D eigenvalue weighted by atomic mass is 14.9. The summed E-state index contributed by atoms with van der Waals surface area (Å²) in [5.41, 5.74) is 1.02. The molecule has 0 amide bonds. The van der Waals surface area contributed by atoms with Gasteiger partial charge in [0.05, 0.1) is 0 Å². The highest BCUT2D eigenvalue weighted by Crippen LogP contribution is 2.35. The summed E-state index contributed by atoms with van der Waals surface area (Å²) in [6.45, 7) is 13.0. The number of nitrogens with one attached hydrogen (secondary N) is 1. The molecule has 1 nitrogen and oxygen atoms in total. The van der Waals surface area contributed by atoms with E-state index < -0.39 is 0 Å². The van der Waals surface area contributed by atoms with Gasteiger partial charge in [-0.25, -0.2) is 0 Å². The minimum atomic E-state index is 0.460. The van der Waals surface area contributed by atoms with Crippen LogP contribution in [0.2, 0.25) is 0 Å². The van der Waals surface area contributed by atoms with Crippen molar-refractivity contribution in [1.82, 2.24) is 5.32 Å². The molecule has 0 aromatic heterocycles. The molecular weight excluding hydrogens is 182 g/mol. The van der Waals surface area contributed by atoms with Crippen molar-refractivity contribution < 1.29 is 0 Å².